The Morgan fingerprint density at radius 2 is 1.74 bits per heavy atom. The number of piperazine rings is 1. The molecule has 1 saturated heterocycles. The number of carbonyl (C=O) groups is 1. The van der Waals surface area contributed by atoms with Gasteiger partial charge in [0.2, 0.25) is 5.91 Å². The van der Waals surface area contributed by atoms with E-state index in [0.717, 1.165) is 25.4 Å². The summed E-state index contributed by atoms with van der Waals surface area (Å²) < 4.78 is 6.98. The molecular weight excluding hydrogens is 392 g/mol. The fourth-order valence-corrected chi connectivity index (χ4v) is 3.97. The van der Waals surface area contributed by atoms with Gasteiger partial charge in [-0.15, -0.1) is 0 Å². The molecule has 31 heavy (non-hydrogen) atoms. The standard InChI is InChI=1S/C24H28N4O3/c1-3-31-20-10-8-19(9-11-20)16-26-12-14-27(15-13-26)23(29)17-28-18(2)25-22-7-5-4-6-21(22)24(28)30/h4-11H,3,12-17H2,1-2H3. The maximum absolute atomic E-state index is 12.9. The van der Waals surface area contributed by atoms with Crippen LogP contribution >= 0.6 is 0 Å². The van der Waals surface area contributed by atoms with Gasteiger partial charge in [-0.2, -0.15) is 0 Å². The maximum atomic E-state index is 12.9. The third-order valence-corrected chi connectivity index (χ3v) is 5.71. The number of ether oxygens (including phenoxy) is 1. The van der Waals surface area contributed by atoms with Crippen LogP contribution < -0.4 is 10.3 Å². The molecule has 0 spiro atoms. The second kappa shape index (κ2) is 9.31. The summed E-state index contributed by atoms with van der Waals surface area (Å²) in [6.07, 6.45) is 0. The molecule has 2 heterocycles. The predicted molar refractivity (Wildman–Crippen MR) is 120 cm³/mol. The van der Waals surface area contributed by atoms with Crippen molar-refractivity contribution in [3.63, 3.8) is 0 Å². The fourth-order valence-electron chi connectivity index (χ4n) is 3.97. The molecule has 0 radical (unpaired) electrons. The van der Waals surface area contributed by atoms with Gasteiger partial charge in [-0.3, -0.25) is 19.1 Å². The smallest absolute Gasteiger partial charge is 0.261 e. The number of rotatable bonds is 6. The number of fused-ring (bicyclic) bond motifs is 1. The molecule has 0 unspecified atom stereocenters. The van der Waals surface area contributed by atoms with Gasteiger partial charge < -0.3 is 9.64 Å². The number of benzene rings is 2. The summed E-state index contributed by atoms with van der Waals surface area (Å²) in [6.45, 7) is 8.22. The van der Waals surface area contributed by atoms with Crippen LogP contribution in [0.5, 0.6) is 5.75 Å². The highest BCUT2D eigenvalue weighted by Crippen LogP contribution is 2.15. The van der Waals surface area contributed by atoms with Crippen LogP contribution in [0.1, 0.15) is 18.3 Å². The Kier molecular flexibility index (Phi) is 6.32. The molecule has 2 aromatic carbocycles. The molecule has 0 saturated carbocycles. The van der Waals surface area contributed by atoms with Crippen LogP contribution in [-0.2, 0) is 17.9 Å². The van der Waals surface area contributed by atoms with Gasteiger partial charge in [-0.05, 0) is 43.7 Å². The quantitative estimate of drug-likeness (QED) is 0.613. The Bertz CT molecular complexity index is 1120. The first-order valence-corrected chi connectivity index (χ1v) is 10.7. The van der Waals surface area contributed by atoms with Crippen LogP contribution in [0.2, 0.25) is 0 Å². The van der Waals surface area contributed by atoms with Crippen molar-refractivity contribution in [3.05, 3.63) is 70.3 Å². The van der Waals surface area contributed by atoms with Crippen molar-refractivity contribution in [2.24, 2.45) is 0 Å². The van der Waals surface area contributed by atoms with Crippen molar-refractivity contribution in [1.29, 1.82) is 0 Å². The predicted octanol–water partition coefficient (Wildman–Crippen LogP) is 2.45. The lowest BCUT2D eigenvalue weighted by Gasteiger charge is -2.35. The van der Waals surface area contributed by atoms with Crippen LogP contribution in [0, 0.1) is 6.92 Å². The first-order valence-electron chi connectivity index (χ1n) is 10.7. The average molecular weight is 421 g/mol. The van der Waals surface area contributed by atoms with Gasteiger partial charge in [0.1, 0.15) is 18.1 Å². The summed E-state index contributed by atoms with van der Waals surface area (Å²) in [6, 6.07) is 15.4. The lowest BCUT2D eigenvalue weighted by atomic mass is 10.2. The molecule has 162 valence electrons. The van der Waals surface area contributed by atoms with E-state index in [2.05, 4.69) is 22.0 Å². The minimum absolute atomic E-state index is 0.0292. The molecule has 1 amide bonds. The summed E-state index contributed by atoms with van der Waals surface area (Å²) in [5, 5.41) is 0.543. The molecule has 0 bridgehead atoms. The zero-order valence-electron chi connectivity index (χ0n) is 18.1. The van der Waals surface area contributed by atoms with E-state index in [0.29, 0.717) is 36.4 Å². The number of aromatic nitrogens is 2. The average Bonchev–Trinajstić information content (AvgIpc) is 2.78. The summed E-state index contributed by atoms with van der Waals surface area (Å²) in [7, 11) is 0. The SMILES string of the molecule is CCOc1ccc(CN2CCN(C(=O)Cn3c(C)nc4ccccc4c3=O)CC2)cc1. The molecule has 3 aromatic rings. The van der Waals surface area contributed by atoms with Crippen molar-refractivity contribution < 1.29 is 9.53 Å². The van der Waals surface area contributed by atoms with Gasteiger partial charge in [0, 0.05) is 32.7 Å². The normalized spacial score (nSPS) is 14.7. The molecule has 1 fully saturated rings. The van der Waals surface area contributed by atoms with Crippen LogP contribution in [0.4, 0.5) is 0 Å². The molecule has 0 aliphatic carbocycles. The van der Waals surface area contributed by atoms with Crippen molar-refractivity contribution >= 4 is 16.8 Å². The number of hydrogen-bond acceptors (Lipinski definition) is 5. The van der Waals surface area contributed by atoms with Gasteiger partial charge in [0.25, 0.3) is 5.56 Å². The lowest BCUT2D eigenvalue weighted by molar-refractivity contribution is -0.133. The molecule has 7 heteroatoms. The Balaban J connectivity index is 1.35. The molecule has 0 atom stereocenters. The monoisotopic (exact) mass is 420 g/mol. The molecule has 1 aliphatic rings. The lowest BCUT2D eigenvalue weighted by Crippen LogP contribution is -2.49. The van der Waals surface area contributed by atoms with E-state index in [4.69, 9.17) is 4.74 Å². The summed E-state index contributed by atoms with van der Waals surface area (Å²) in [5.41, 5.74) is 1.73. The second-order valence-electron chi connectivity index (χ2n) is 7.80. The topological polar surface area (TPSA) is 67.7 Å². The number of nitrogens with zero attached hydrogens (tertiary/aromatic N) is 4. The minimum atomic E-state index is -0.161. The number of aryl methyl sites for hydroxylation is 1. The van der Waals surface area contributed by atoms with E-state index >= 15 is 0 Å². The molecule has 0 N–H and O–H groups in total. The van der Waals surface area contributed by atoms with Crippen LogP contribution in [-0.4, -0.2) is 58.0 Å². The highest BCUT2D eigenvalue weighted by molar-refractivity contribution is 5.79. The van der Waals surface area contributed by atoms with Gasteiger partial charge in [-0.25, -0.2) is 4.98 Å². The first-order chi connectivity index (χ1) is 15.0. The molecule has 1 aliphatic heterocycles. The maximum Gasteiger partial charge on any atom is 0.261 e. The highest BCUT2D eigenvalue weighted by atomic mass is 16.5. The van der Waals surface area contributed by atoms with Crippen LogP contribution in [0.25, 0.3) is 10.9 Å². The summed E-state index contributed by atoms with van der Waals surface area (Å²) >= 11 is 0. The van der Waals surface area contributed by atoms with Gasteiger partial charge >= 0.3 is 0 Å². The molecule has 1 aromatic heterocycles. The van der Waals surface area contributed by atoms with E-state index in [1.54, 1.807) is 13.0 Å². The first kappa shape index (κ1) is 21.1. The van der Waals surface area contributed by atoms with Gasteiger partial charge in [0.15, 0.2) is 0 Å². The molecular formula is C24H28N4O3. The minimum Gasteiger partial charge on any atom is -0.494 e. The van der Waals surface area contributed by atoms with E-state index < -0.39 is 0 Å². The van der Waals surface area contributed by atoms with E-state index in [-0.39, 0.29) is 18.0 Å². The third kappa shape index (κ3) is 4.77. The van der Waals surface area contributed by atoms with Crippen molar-refractivity contribution in [2.75, 3.05) is 32.8 Å². The number of hydrogen-bond donors (Lipinski definition) is 0. The molecule has 4 rings (SSSR count). The largest absolute Gasteiger partial charge is 0.494 e. The van der Waals surface area contributed by atoms with E-state index in [9.17, 15) is 9.59 Å². The summed E-state index contributed by atoms with van der Waals surface area (Å²) in [5.74, 6) is 1.41. The Morgan fingerprint density at radius 1 is 1.03 bits per heavy atom. The number of para-hydroxylation sites is 1. The van der Waals surface area contributed by atoms with E-state index in [1.807, 2.05) is 42.2 Å². The van der Waals surface area contributed by atoms with Crippen LogP contribution in [0.15, 0.2) is 53.3 Å². The highest BCUT2D eigenvalue weighted by Gasteiger charge is 2.22. The van der Waals surface area contributed by atoms with Crippen molar-refractivity contribution in [3.8, 4) is 5.75 Å². The van der Waals surface area contributed by atoms with Crippen LogP contribution in [0.3, 0.4) is 0 Å². The van der Waals surface area contributed by atoms with Crippen molar-refractivity contribution in [1.82, 2.24) is 19.4 Å². The van der Waals surface area contributed by atoms with E-state index in [1.165, 1.54) is 10.1 Å². The third-order valence-electron chi connectivity index (χ3n) is 5.71. The van der Waals surface area contributed by atoms with Crippen molar-refractivity contribution in [2.45, 2.75) is 26.9 Å². The Morgan fingerprint density at radius 3 is 2.45 bits per heavy atom. The number of amides is 1. The number of carbonyl (C=O) groups excluding carboxylic acids is 1. The zero-order chi connectivity index (χ0) is 21.8. The Hall–Kier alpha value is -3.19. The Labute approximate surface area is 181 Å². The summed E-state index contributed by atoms with van der Waals surface area (Å²) in [4.78, 5) is 34.4. The zero-order valence-corrected chi connectivity index (χ0v) is 18.1. The van der Waals surface area contributed by atoms with Gasteiger partial charge in [-0.1, -0.05) is 24.3 Å². The second-order valence-corrected chi connectivity index (χ2v) is 7.80. The fraction of sp³-hybridized carbons (Fsp3) is 0.375. The molecule has 7 nitrogen and oxygen atoms in total. The van der Waals surface area contributed by atoms with Gasteiger partial charge in [0.05, 0.1) is 17.5 Å².